The summed E-state index contributed by atoms with van der Waals surface area (Å²) in [6.45, 7) is 1.60. The highest BCUT2D eigenvalue weighted by atomic mass is 32.2. The molecule has 0 fully saturated rings. The summed E-state index contributed by atoms with van der Waals surface area (Å²) >= 11 is 0. The summed E-state index contributed by atoms with van der Waals surface area (Å²) in [5, 5.41) is 8.96. The largest absolute Gasteiger partial charge is 0.478 e. The van der Waals surface area contributed by atoms with Gasteiger partial charge in [-0.25, -0.2) is 9.52 Å². The minimum Gasteiger partial charge on any atom is -0.478 e. The molecule has 0 spiro atoms. The van der Waals surface area contributed by atoms with Gasteiger partial charge in [0.1, 0.15) is 0 Å². The van der Waals surface area contributed by atoms with Gasteiger partial charge in [-0.3, -0.25) is 4.72 Å². The zero-order chi connectivity index (χ0) is 12.3. The first kappa shape index (κ1) is 12.5. The lowest BCUT2D eigenvalue weighted by Gasteiger charge is -2.10. The van der Waals surface area contributed by atoms with E-state index in [0.717, 1.165) is 0 Å². The number of hydrogen-bond donors (Lipinski definition) is 3. The second-order valence-corrected chi connectivity index (χ2v) is 4.73. The van der Waals surface area contributed by atoms with Gasteiger partial charge in [0.05, 0.1) is 11.3 Å². The Bertz CT molecular complexity index is 510. The van der Waals surface area contributed by atoms with Gasteiger partial charge in [0.25, 0.3) is 10.2 Å². The highest BCUT2D eigenvalue weighted by molar-refractivity contribution is 7.90. The van der Waals surface area contributed by atoms with Crippen LogP contribution < -0.4 is 9.44 Å². The summed E-state index contributed by atoms with van der Waals surface area (Å²) in [4.78, 5) is 11.0. The van der Waals surface area contributed by atoms with Gasteiger partial charge >= 0.3 is 5.97 Å². The molecule has 16 heavy (non-hydrogen) atoms. The number of aryl methyl sites for hydroxylation is 1. The number of hydrogen-bond acceptors (Lipinski definition) is 3. The van der Waals surface area contributed by atoms with E-state index in [9.17, 15) is 13.2 Å². The zero-order valence-corrected chi connectivity index (χ0v) is 9.63. The van der Waals surface area contributed by atoms with Crippen LogP contribution in [0.5, 0.6) is 0 Å². The molecule has 0 aliphatic heterocycles. The van der Waals surface area contributed by atoms with Crippen LogP contribution in [0, 0.1) is 6.92 Å². The van der Waals surface area contributed by atoms with Crippen LogP contribution in [-0.2, 0) is 10.2 Å². The number of nitrogens with one attached hydrogen (secondary N) is 2. The normalized spacial score (nSPS) is 11.1. The van der Waals surface area contributed by atoms with Crippen LogP contribution in [0.2, 0.25) is 0 Å². The Kier molecular flexibility index (Phi) is 3.51. The van der Waals surface area contributed by atoms with E-state index in [1.807, 2.05) is 4.72 Å². The van der Waals surface area contributed by atoms with Crippen molar-refractivity contribution in [2.45, 2.75) is 6.92 Å². The third-order valence-electron chi connectivity index (χ3n) is 2.00. The summed E-state index contributed by atoms with van der Waals surface area (Å²) < 4.78 is 26.7. The first-order valence-corrected chi connectivity index (χ1v) is 5.90. The van der Waals surface area contributed by atoms with Gasteiger partial charge in [-0.1, -0.05) is 12.1 Å². The second-order valence-electron chi connectivity index (χ2n) is 3.11. The molecular weight excluding hydrogens is 232 g/mol. The molecule has 7 heteroatoms. The molecule has 0 amide bonds. The van der Waals surface area contributed by atoms with Crippen LogP contribution in [0.4, 0.5) is 5.69 Å². The molecule has 88 valence electrons. The van der Waals surface area contributed by atoms with Crippen LogP contribution in [-0.4, -0.2) is 26.5 Å². The fourth-order valence-corrected chi connectivity index (χ4v) is 1.79. The average molecular weight is 244 g/mol. The van der Waals surface area contributed by atoms with E-state index in [1.54, 1.807) is 19.1 Å². The lowest BCUT2D eigenvalue weighted by molar-refractivity contribution is 0.0697. The van der Waals surface area contributed by atoms with E-state index < -0.39 is 16.2 Å². The highest BCUT2D eigenvalue weighted by Crippen LogP contribution is 2.20. The van der Waals surface area contributed by atoms with Crippen LogP contribution >= 0.6 is 0 Å². The lowest BCUT2D eigenvalue weighted by atomic mass is 10.1. The summed E-state index contributed by atoms with van der Waals surface area (Å²) in [5.41, 5.74) is 0.479. The van der Waals surface area contributed by atoms with Gasteiger partial charge in [-0.2, -0.15) is 8.42 Å². The summed E-state index contributed by atoms with van der Waals surface area (Å²) in [7, 11) is -2.47. The minimum absolute atomic E-state index is 0.0434. The molecule has 1 rings (SSSR count). The van der Waals surface area contributed by atoms with Crippen LogP contribution in [0.25, 0.3) is 0 Å². The molecule has 3 N–H and O–H groups in total. The maximum atomic E-state index is 11.2. The smallest absolute Gasteiger partial charge is 0.338 e. The second kappa shape index (κ2) is 4.50. The molecule has 0 atom stereocenters. The fourth-order valence-electron chi connectivity index (χ4n) is 1.23. The Morgan fingerprint density at radius 3 is 2.50 bits per heavy atom. The van der Waals surface area contributed by atoms with Crippen molar-refractivity contribution in [1.29, 1.82) is 0 Å². The molecule has 0 bridgehead atoms. The van der Waals surface area contributed by atoms with E-state index in [1.165, 1.54) is 13.1 Å². The van der Waals surface area contributed by atoms with E-state index in [-0.39, 0.29) is 11.3 Å². The predicted octanol–water partition coefficient (Wildman–Crippen LogP) is 0.569. The van der Waals surface area contributed by atoms with Crippen molar-refractivity contribution in [3.8, 4) is 0 Å². The van der Waals surface area contributed by atoms with Crippen molar-refractivity contribution in [2.75, 3.05) is 11.8 Å². The van der Waals surface area contributed by atoms with Crippen molar-refractivity contribution in [1.82, 2.24) is 4.72 Å². The molecular formula is C9H12N2O4S. The van der Waals surface area contributed by atoms with Crippen molar-refractivity contribution < 1.29 is 18.3 Å². The quantitative estimate of drug-likeness (QED) is 0.721. The molecule has 0 aliphatic carbocycles. The summed E-state index contributed by atoms with van der Waals surface area (Å²) in [5.74, 6) is -1.17. The van der Waals surface area contributed by atoms with Gasteiger partial charge in [0, 0.05) is 7.05 Å². The average Bonchev–Trinajstić information content (AvgIpc) is 2.16. The van der Waals surface area contributed by atoms with Crippen LogP contribution in [0.3, 0.4) is 0 Å². The topological polar surface area (TPSA) is 95.5 Å². The predicted molar refractivity (Wildman–Crippen MR) is 59.7 cm³/mol. The number of carboxylic acid groups (broad SMARTS) is 1. The summed E-state index contributed by atoms with van der Waals surface area (Å²) in [6.07, 6.45) is 0. The van der Waals surface area contributed by atoms with E-state index in [2.05, 4.69) is 4.72 Å². The zero-order valence-electron chi connectivity index (χ0n) is 8.81. The maximum Gasteiger partial charge on any atom is 0.338 e. The van der Waals surface area contributed by atoms with Crippen molar-refractivity contribution in [3.63, 3.8) is 0 Å². The molecule has 1 aromatic carbocycles. The number of anilines is 1. The van der Waals surface area contributed by atoms with Crippen molar-refractivity contribution in [3.05, 3.63) is 29.3 Å². The van der Waals surface area contributed by atoms with Crippen molar-refractivity contribution in [2.24, 2.45) is 0 Å². The number of aromatic carboxylic acids is 1. The molecule has 0 saturated heterocycles. The Labute approximate surface area is 93.5 Å². The fraction of sp³-hybridized carbons (Fsp3) is 0.222. The van der Waals surface area contributed by atoms with Gasteiger partial charge in [0.2, 0.25) is 0 Å². The Hall–Kier alpha value is -1.60. The third kappa shape index (κ3) is 2.71. The third-order valence-corrected chi connectivity index (χ3v) is 3.03. The minimum atomic E-state index is -3.71. The Balaban J connectivity index is 3.25. The van der Waals surface area contributed by atoms with Gasteiger partial charge in [-0.05, 0) is 18.6 Å². The number of carboxylic acids is 1. The van der Waals surface area contributed by atoms with Gasteiger partial charge in [-0.15, -0.1) is 0 Å². The van der Waals surface area contributed by atoms with Crippen LogP contribution in [0.1, 0.15) is 15.9 Å². The van der Waals surface area contributed by atoms with Gasteiger partial charge < -0.3 is 5.11 Å². The monoisotopic (exact) mass is 244 g/mol. The van der Waals surface area contributed by atoms with Crippen molar-refractivity contribution >= 4 is 21.9 Å². The molecule has 0 saturated carbocycles. The molecule has 0 aromatic heterocycles. The SMILES string of the molecule is CNS(=O)(=O)Nc1cccc(C)c1C(=O)O. The lowest BCUT2D eigenvalue weighted by Crippen LogP contribution is -2.27. The molecule has 1 aromatic rings. The van der Waals surface area contributed by atoms with Gasteiger partial charge in [0.15, 0.2) is 0 Å². The summed E-state index contributed by atoms with van der Waals surface area (Å²) in [6, 6.07) is 4.57. The Morgan fingerprint density at radius 1 is 1.38 bits per heavy atom. The number of benzene rings is 1. The standard InChI is InChI=1S/C9H12N2O4S/c1-6-4-3-5-7(8(6)9(12)13)11-16(14,15)10-2/h3-5,10-11H,1-2H3,(H,12,13). The van der Waals surface area contributed by atoms with E-state index in [0.29, 0.717) is 5.56 Å². The van der Waals surface area contributed by atoms with Crippen LogP contribution in [0.15, 0.2) is 18.2 Å². The molecule has 0 aliphatic rings. The molecule has 6 nitrogen and oxygen atoms in total. The first-order valence-electron chi connectivity index (χ1n) is 4.41. The Morgan fingerprint density at radius 2 is 2.00 bits per heavy atom. The first-order chi connectivity index (χ1) is 7.37. The highest BCUT2D eigenvalue weighted by Gasteiger charge is 2.16. The van der Waals surface area contributed by atoms with E-state index in [4.69, 9.17) is 5.11 Å². The molecule has 0 heterocycles. The number of rotatable bonds is 4. The number of carbonyl (C=O) groups is 1. The maximum absolute atomic E-state index is 11.2. The van der Waals surface area contributed by atoms with E-state index >= 15 is 0 Å². The molecule has 0 unspecified atom stereocenters. The molecule has 0 radical (unpaired) electrons.